The number of carbonyl (C=O) groups is 1. The second-order valence-corrected chi connectivity index (χ2v) is 11.4. The molecule has 35 heavy (non-hydrogen) atoms. The van der Waals surface area contributed by atoms with Crippen LogP contribution in [-0.2, 0) is 11.0 Å². The number of amidine groups is 1. The zero-order valence-electron chi connectivity index (χ0n) is 19.9. The first-order valence-corrected chi connectivity index (χ1v) is 12.1. The predicted octanol–water partition coefficient (Wildman–Crippen LogP) is 4.00. The van der Waals surface area contributed by atoms with Crippen molar-refractivity contribution in [3.05, 3.63) is 23.9 Å². The van der Waals surface area contributed by atoms with Crippen LogP contribution in [0.4, 0.5) is 13.2 Å². The SMILES string of the molecule is CC1(C)C(=NC#N)N(C2C3CC4CC2CC(C(N)=O)(C4)C3)CC1COc1ccc(C(F)(F)F)cn1. The van der Waals surface area contributed by atoms with Gasteiger partial charge >= 0.3 is 6.18 Å². The average Bonchev–Trinajstić information content (AvgIpc) is 3.01. The molecule has 4 bridgehead atoms. The number of nitrogens with two attached hydrogens (primary N) is 1. The van der Waals surface area contributed by atoms with E-state index in [1.165, 1.54) is 6.07 Å². The number of halogens is 3. The van der Waals surface area contributed by atoms with Crippen molar-refractivity contribution < 1.29 is 22.7 Å². The summed E-state index contributed by atoms with van der Waals surface area (Å²) in [5.41, 5.74) is 4.16. The van der Waals surface area contributed by atoms with Crippen molar-refractivity contribution in [3.63, 3.8) is 0 Å². The van der Waals surface area contributed by atoms with Crippen LogP contribution in [0.3, 0.4) is 0 Å². The first-order chi connectivity index (χ1) is 16.4. The Morgan fingerprint density at radius 2 is 1.97 bits per heavy atom. The normalized spacial score (nSPS) is 36.4. The third-order valence-electron chi connectivity index (χ3n) is 9.04. The number of nitrogens with zero attached hydrogens (tertiary/aromatic N) is 4. The molecule has 5 aliphatic rings. The summed E-state index contributed by atoms with van der Waals surface area (Å²) in [5.74, 6) is 1.80. The number of pyridine rings is 1. The highest BCUT2D eigenvalue weighted by molar-refractivity contribution is 5.91. The van der Waals surface area contributed by atoms with Crippen molar-refractivity contribution in [2.45, 2.75) is 58.2 Å². The molecule has 2 N–H and O–H groups in total. The molecule has 3 unspecified atom stereocenters. The predicted molar refractivity (Wildman–Crippen MR) is 121 cm³/mol. The van der Waals surface area contributed by atoms with Gasteiger partial charge in [-0.1, -0.05) is 13.8 Å². The highest BCUT2D eigenvalue weighted by atomic mass is 19.4. The zero-order chi connectivity index (χ0) is 25.2. The summed E-state index contributed by atoms with van der Waals surface area (Å²) in [6.45, 7) is 4.92. The van der Waals surface area contributed by atoms with Gasteiger partial charge in [0.1, 0.15) is 5.84 Å². The number of alkyl halides is 3. The van der Waals surface area contributed by atoms with Crippen molar-refractivity contribution in [2.75, 3.05) is 13.2 Å². The van der Waals surface area contributed by atoms with Gasteiger partial charge in [-0.05, 0) is 55.9 Å². The maximum atomic E-state index is 12.8. The highest BCUT2D eigenvalue weighted by Crippen LogP contribution is 2.62. The Bertz CT molecular complexity index is 1060. The summed E-state index contributed by atoms with van der Waals surface area (Å²) >= 11 is 0. The summed E-state index contributed by atoms with van der Waals surface area (Å²) in [5, 5.41) is 9.47. The van der Waals surface area contributed by atoms with Gasteiger partial charge in [0.2, 0.25) is 18.0 Å². The minimum Gasteiger partial charge on any atom is -0.477 e. The van der Waals surface area contributed by atoms with Gasteiger partial charge in [-0.2, -0.15) is 23.4 Å². The monoisotopic (exact) mass is 489 g/mol. The molecule has 10 heteroatoms. The Hall–Kier alpha value is -2.83. The molecular weight excluding hydrogens is 459 g/mol. The largest absolute Gasteiger partial charge is 0.477 e. The fraction of sp³-hybridized carbons (Fsp3) is 0.680. The lowest BCUT2D eigenvalue weighted by atomic mass is 9.47. The number of nitriles is 1. The zero-order valence-corrected chi connectivity index (χ0v) is 19.9. The van der Waals surface area contributed by atoms with Crippen molar-refractivity contribution in [1.29, 1.82) is 5.26 Å². The van der Waals surface area contributed by atoms with E-state index < -0.39 is 22.6 Å². The molecule has 5 fully saturated rings. The number of rotatable bonds is 5. The summed E-state index contributed by atoms with van der Waals surface area (Å²) in [7, 11) is 0. The van der Waals surface area contributed by atoms with Crippen LogP contribution in [0.1, 0.15) is 51.5 Å². The molecule has 188 valence electrons. The van der Waals surface area contributed by atoms with Gasteiger partial charge < -0.3 is 15.4 Å². The summed E-state index contributed by atoms with van der Waals surface area (Å²) < 4.78 is 44.3. The van der Waals surface area contributed by atoms with E-state index >= 15 is 0 Å². The van der Waals surface area contributed by atoms with E-state index in [0.717, 1.165) is 50.2 Å². The van der Waals surface area contributed by atoms with E-state index in [0.29, 0.717) is 24.3 Å². The van der Waals surface area contributed by atoms with Crippen LogP contribution in [0.2, 0.25) is 0 Å². The minimum absolute atomic E-state index is 0.0408. The van der Waals surface area contributed by atoms with Gasteiger partial charge in [-0.25, -0.2) is 4.98 Å². The highest BCUT2D eigenvalue weighted by Gasteiger charge is 2.61. The lowest BCUT2D eigenvalue weighted by Crippen LogP contribution is -2.62. The summed E-state index contributed by atoms with van der Waals surface area (Å²) in [6.07, 6.45) is 2.87. The third-order valence-corrected chi connectivity index (χ3v) is 9.04. The number of ether oxygens (including phenoxy) is 1. The van der Waals surface area contributed by atoms with Crippen LogP contribution in [-0.4, -0.2) is 40.8 Å². The Balaban J connectivity index is 1.35. The van der Waals surface area contributed by atoms with Gasteiger partial charge in [0.15, 0.2) is 0 Å². The molecule has 1 aromatic rings. The maximum absolute atomic E-state index is 12.8. The van der Waals surface area contributed by atoms with Crippen molar-refractivity contribution in [1.82, 2.24) is 9.88 Å². The first kappa shape index (κ1) is 23.9. The molecule has 1 aromatic heterocycles. The second-order valence-electron chi connectivity index (χ2n) is 11.4. The minimum atomic E-state index is -4.45. The van der Waals surface area contributed by atoms with Crippen LogP contribution in [0.15, 0.2) is 23.3 Å². The Labute approximate surface area is 202 Å². The molecule has 4 saturated carbocycles. The molecule has 7 nitrogen and oxygen atoms in total. The number of likely N-dealkylation sites (tertiary alicyclic amines) is 1. The van der Waals surface area contributed by atoms with Crippen LogP contribution < -0.4 is 10.5 Å². The number of aliphatic imine (C=N–C) groups is 1. The molecule has 0 aromatic carbocycles. The topological polar surface area (TPSA) is 105 Å². The van der Waals surface area contributed by atoms with Gasteiger partial charge in [-0.15, -0.1) is 0 Å². The Kier molecular flexibility index (Phi) is 5.53. The second kappa shape index (κ2) is 8.10. The summed E-state index contributed by atoms with van der Waals surface area (Å²) in [4.78, 5) is 22.7. The van der Waals surface area contributed by atoms with E-state index in [2.05, 4.69) is 14.9 Å². The lowest BCUT2D eigenvalue weighted by Gasteiger charge is -2.60. The number of hydrogen-bond acceptors (Lipinski definition) is 5. The van der Waals surface area contributed by atoms with Crippen LogP contribution in [0.25, 0.3) is 0 Å². The molecule has 6 rings (SSSR count). The number of primary amides is 1. The van der Waals surface area contributed by atoms with Crippen molar-refractivity contribution >= 4 is 11.7 Å². The van der Waals surface area contributed by atoms with Crippen LogP contribution in [0, 0.1) is 46.0 Å². The van der Waals surface area contributed by atoms with Gasteiger partial charge in [0.25, 0.3) is 0 Å². The van der Waals surface area contributed by atoms with E-state index in [4.69, 9.17) is 10.5 Å². The third kappa shape index (κ3) is 3.93. The van der Waals surface area contributed by atoms with E-state index in [1.807, 2.05) is 20.0 Å². The Morgan fingerprint density at radius 1 is 1.29 bits per heavy atom. The average molecular weight is 490 g/mol. The van der Waals surface area contributed by atoms with Crippen LogP contribution >= 0.6 is 0 Å². The van der Waals surface area contributed by atoms with Gasteiger partial charge in [0, 0.05) is 41.6 Å². The number of hydrogen-bond donors (Lipinski definition) is 1. The van der Waals surface area contributed by atoms with Crippen molar-refractivity contribution in [3.8, 4) is 12.1 Å². The molecule has 0 radical (unpaired) electrons. The number of aromatic nitrogens is 1. The first-order valence-electron chi connectivity index (χ1n) is 12.1. The van der Waals surface area contributed by atoms with E-state index in [1.54, 1.807) is 0 Å². The molecule has 4 aliphatic carbocycles. The Morgan fingerprint density at radius 3 is 2.51 bits per heavy atom. The van der Waals surface area contributed by atoms with E-state index in [-0.39, 0.29) is 30.4 Å². The molecular formula is C25H30F3N5O2. The molecule has 3 atom stereocenters. The lowest BCUT2D eigenvalue weighted by molar-refractivity contribution is -0.149. The quantitative estimate of drug-likeness (QED) is 0.630. The number of carbonyl (C=O) groups excluding carboxylic acids is 1. The molecule has 1 saturated heterocycles. The maximum Gasteiger partial charge on any atom is 0.417 e. The molecule has 0 spiro atoms. The standard InChI is InChI=1S/C25H30F3N5O2/c1-23(2)18(12-35-19-4-3-17(10-31-19)25(26,27)28)11-33(22(23)32-13-29)20-15-5-14-6-16(20)9-24(7-14,8-15)21(30)34/h3-4,10,14-16,18,20H,5-9,11-12H2,1-2H3,(H2,30,34). The molecule has 1 amide bonds. The number of amides is 1. The fourth-order valence-electron chi connectivity index (χ4n) is 7.51. The van der Waals surface area contributed by atoms with Crippen LogP contribution in [0.5, 0.6) is 5.88 Å². The van der Waals surface area contributed by atoms with Gasteiger partial charge in [0.05, 0.1) is 12.2 Å². The van der Waals surface area contributed by atoms with E-state index in [9.17, 15) is 23.2 Å². The summed E-state index contributed by atoms with van der Waals surface area (Å²) in [6, 6.07) is 2.38. The fourth-order valence-corrected chi connectivity index (χ4v) is 7.51. The molecule has 1 aliphatic heterocycles. The smallest absolute Gasteiger partial charge is 0.417 e. The molecule has 2 heterocycles. The van der Waals surface area contributed by atoms with Gasteiger partial charge in [-0.3, -0.25) is 4.79 Å². The van der Waals surface area contributed by atoms with Crippen molar-refractivity contribution in [2.24, 2.45) is 45.2 Å².